The fourth-order valence-electron chi connectivity index (χ4n) is 2.14. The third kappa shape index (κ3) is 2.80. The van der Waals surface area contributed by atoms with Gasteiger partial charge in [-0.1, -0.05) is 0 Å². The van der Waals surface area contributed by atoms with Crippen LogP contribution in [0.15, 0.2) is 12.4 Å². The van der Waals surface area contributed by atoms with Gasteiger partial charge in [-0.05, 0) is 26.7 Å². The van der Waals surface area contributed by atoms with Crippen LogP contribution in [0.3, 0.4) is 0 Å². The number of nitrogens with one attached hydrogen (secondary N) is 1. The zero-order valence-electron chi connectivity index (χ0n) is 10.3. The third-order valence-corrected chi connectivity index (χ3v) is 5.25. The Labute approximate surface area is 102 Å². The first-order chi connectivity index (χ1) is 7.99. The SMILES string of the molecule is CC(C)Nc1nccn1CC1CCCS1(=O)=O. The monoisotopic (exact) mass is 257 g/mol. The number of sulfone groups is 1. The molecule has 0 spiro atoms. The van der Waals surface area contributed by atoms with E-state index in [0.29, 0.717) is 12.3 Å². The van der Waals surface area contributed by atoms with E-state index in [1.165, 1.54) is 0 Å². The van der Waals surface area contributed by atoms with Crippen LogP contribution in [0.25, 0.3) is 0 Å². The molecular weight excluding hydrogens is 238 g/mol. The van der Waals surface area contributed by atoms with Gasteiger partial charge in [0.05, 0.1) is 11.0 Å². The van der Waals surface area contributed by atoms with Crippen molar-refractivity contribution in [2.75, 3.05) is 11.1 Å². The Kier molecular flexibility index (Phi) is 3.42. The highest BCUT2D eigenvalue weighted by molar-refractivity contribution is 7.92. The summed E-state index contributed by atoms with van der Waals surface area (Å²) in [5, 5.41) is 2.97. The number of aromatic nitrogens is 2. The van der Waals surface area contributed by atoms with Crippen molar-refractivity contribution in [3.63, 3.8) is 0 Å². The molecule has 0 aromatic carbocycles. The second kappa shape index (κ2) is 4.68. The smallest absolute Gasteiger partial charge is 0.203 e. The quantitative estimate of drug-likeness (QED) is 0.882. The van der Waals surface area contributed by atoms with E-state index in [2.05, 4.69) is 10.3 Å². The minimum atomic E-state index is -2.88. The molecule has 96 valence electrons. The average molecular weight is 257 g/mol. The van der Waals surface area contributed by atoms with Gasteiger partial charge in [0.25, 0.3) is 0 Å². The van der Waals surface area contributed by atoms with E-state index in [-0.39, 0.29) is 11.3 Å². The first-order valence-corrected chi connectivity index (χ1v) is 7.70. The van der Waals surface area contributed by atoms with Gasteiger partial charge in [0.2, 0.25) is 5.95 Å². The molecule has 0 aliphatic carbocycles. The molecule has 1 unspecified atom stereocenters. The van der Waals surface area contributed by atoms with Crippen molar-refractivity contribution in [3.05, 3.63) is 12.4 Å². The van der Waals surface area contributed by atoms with Crippen LogP contribution in [0.4, 0.5) is 5.95 Å². The summed E-state index contributed by atoms with van der Waals surface area (Å²) >= 11 is 0. The van der Waals surface area contributed by atoms with Crippen LogP contribution in [0, 0.1) is 0 Å². The Morgan fingerprint density at radius 3 is 2.94 bits per heavy atom. The molecule has 5 nitrogen and oxygen atoms in total. The fourth-order valence-corrected chi connectivity index (χ4v) is 3.95. The lowest BCUT2D eigenvalue weighted by Crippen LogP contribution is -2.24. The fraction of sp³-hybridized carbons (Fsp3) is 0.727. The van der Waals surface area contributed by atoms with Crippen molar-refractivity contribution in [3.8, 4) is 0 Å². The number of hydrogen-bond donors (Lipinski definition) is 1. The summed E-state index contributed by atoms with van der Waals surface area (Å²) in [7, 11) is -2.88. The van der Waals surface area contributed by atoms with E-state index in [0.717, 1.165) is 18.8 Å². The van der Waals surface area contributed by atoms with Crippen molar-refractivity contribution in [2.45, 2.75) is 44.5 Å². The molecule has 1 N–H and O–H groups in total. The molecule has 2 heterocycles. The third-order valence-electron chi connectivity index (χ3n) is 3.00. The molecule has 1 aliphatic rings. The van der Waals surface area contributed by atoms with Crippen molar-refractivity contribution < 1.29 is 8.42 Å². The maximum absolute atomic E-state index is 11.8. The zero-order valence-corrected chi connectivity index (χ0v) is 11.1. The maximum Gasteiger partial charge on any atom is 0.203 e. The molecular formula is C11H19N3O2S. The van der Waals surface area contributed by atoms with E-state index >= 15 is 0 Å². The van der Waals surface area contributed by atoms with Crippen LogP contribution in [-0.2, 0) is 16.4 Å². The summed E-state index contributed by atoms with van der Waals surface area (Å²) in [6.45, 7) is 4.58. The van der Waals surface area contributed by atoms with E-state index in [4.69, 9.17) is 0 Å². The van der Waals surface area contributed by atoms with Gasteiger partial charge in [-0.3, -0.25) is 0 Å². The molecule has 17 heavy (non-hydrogen) atoms. The van der Waals surface area contributed by atoms with Gasteiger partial charge in [0.15, 0.2) is 9.84 Å². The van der Waals surface area contributed by atoms with Gasteiger partial charge in [-0.25, -0.2) is 13.4 Å². The van der Waals surface area contributed by atoms with E-state index in [9.17, 15) is 8.42 Å². The highest BCUT2D eigenvalue weighted by atomic mass is 32.2. The Balaban J connectivity index is 2.11. The molecule has 1 fully saturated rings. The Hall–Kier alpha value is -1.04. The Bertz CT molecular complexity index is 479. The second-order valence-electron chi connectivity index (χ2n) is 4.83. The van der Waals surface area contributed by atoms with Gasteiger partial charge < -0.3 is 9.88 Å². The lowest BCUT2D eigenvalue weighted by molar-refractivity contribution is 0.566. The van der Waals surface area contributed by atoms with E-state index < -0.39 is 9.84 Å². The predicted molar refractivity (Wildman–Crippen MR) is 67.8 cm³/mol. The van der Waals surface area contributed by atoms with E-state index in [1.807, 2.05) is 24.6 Å². The lowest BCUT2D eigenvalue weighted by atomic mass is 10.2. The van der Waals surface area contributed by atoms with Crippen molar-refractivity contribution in [1.82, 2.24) is 9.55 Å². The molecule has 6 heteroatoms. The number of anilines is 1. The van der Waals surface area contributed by atoms with Crippen LogP contribution < -0.4 is 5.32 Å². The summed E-state index contributed by atoms with van der Waals surface area (Å²) < 4.78 is 25.4. The van der Waals surface area contributed by atoms with Gasteiger partial charge in [0, 0.05) is 25.0 Å². The summed E-state index contributed by atoms with van der Waals surface area (Å²) in [6, 6.07) is 0.288. The van der Waals surface area contributed by atoms with Crippen LogP contribution in [-0.4, -0.2) is 35.0 Å². The highest BCUT2D eigenvalue weighted by Gasteiger charge is 2.31. The second-order valence-corrected chi connectivity index (χ2v) is 7.23. The standard InChI is InChI=1S/C11H19N3O2S/c1-9(2)13-11-12-5-6-14(11)8-10-4-3-7-17(10,15)16/h5-6,9-10H,3-4,7-8H2,1-2H3,(H,12,13). The molecule has 1 atom stereocenters. The molecule has 0 radical (unpaired) electrons. The largest absolute Gasteiger partial charge is 0.353 e. The minimum Gasteiger partial charge on any atom is -0.353 e. The number of nitrogens with zero attached hydrogens (tertiary/aromatic N) is 2. The van der Waals surface area contributed by atoms with Crippen molar-refractivity contribution in [2.24, 2.45) is 0 Å². The van der Waals surface area contributed by atoms with Crippen LogP contribution in [0.1, 0.15) is 26.7 Å². The summed E-state index contributed by atoms with van der Waals surface area (Å²) in [4.78, 5) is 4.20. The van der Waals surface area contributed by atoms with Crippen LogP contribution in [0.2, 0.25) is 0 Å². The van der Waals surface area contributed by atoms with Gasteiger partial charge in [-0.2, -0.15) is 0 Å². The molecule has 1 saturated heterocycles. The molecule has 1 aliphatic heterocycles. The topological polar surface area (TPSA) is 64.0 Å². The average Bonchev–Trinajstić information content (AvgIpc) is 2.75. The summed E-state index contributed by atoms with van der Waals surface area (Å²) in [5.74, 6) is 1.08. The first kappa shape index (κ1) is 12.4. The molecule has 2 rings (SSSR count). The first-order valence-electron chi connectivity index (χ1n) is 5.98. The van der Waals surface area contributed by atoms with Gasteiger partial charge in [0.1, 0.15) is 0 Å². The molecule has 0 amide bonds. The molecule has 0 saturated carbocycles. The van der Waals surface area contributed by atoms with Crippen LogP contribution in [0.5, 0.6) is 0 Å². The summed E-state index contributed by atoms with van der Waals surface area (Å²) in [6.07, 6.45) is 5.08. The lowest BCUT2D eigenvalue weighted by Gasteiger charge is -2.15. The number of imidazole rings is 1. The maximum atomic E-state index is 11.8. The molecule has 1 aromatic rings. The highest BCUT2D eigenvalue weighted by Crippen LogP contribution is 2.22. The Morgan fingerprint density at radius 1 is 1.59 bits per heavy atom. The normalized spacial score (nSPS) is 23.1. The van der Waals surface area contributed by atoms with Crippen LogP contribution >= 0.6 is 0 Å². The van der Waals surface area contributed by atoms with Gasteiger partial charge >= 0.3 is 0 Å². The minimum absolute atomic E-state index is 0.246. The Morgan fingerprint density at radius 2 is 2.35 bits per heavy atom. The molecule has 1 aromatic heterocycles. The van der Waals surface area contributed by atoms with Crippen molar-refractivity contribution >= 4 is 15.8 Å². The van der Waals surface area contributed by atoms with Crippen molar-refractivity contribution in [1.29, 1.82) is 0 Å². The number of hydrogen-bond acceptors (Lipinski definition) is 4. The van der Waals surface area contributed by atoms with Gasteiger partial charge in [-0.15, -0.1) is 0 Å². The zero-order chi connectivity index (χ0) is 12.5. The number of rotatable bonds is 4. The summed E-state index contributed by atoms with van der Waals surface area (Å²) in [5.41, 5.74) is 0. The predicted octanol–water partition coefficient (Wildman–Crippen LogP) is 1.28. The van der Waals surface area contributed by atoms with E-state index in [1.54, 1.807) is 6.20 Å². The molecule has 0 bridgehead atoms.